The second-order valence-corrected chi connectivity index (χ2v) is 9.81. The largest absolute Gasteiger partial charge is 0.465 e. The fraction of sp³-hybridized carbons (Fsp3) is 0.375. The van der Waals surface area contributed by atoms with Crippen molar-refractivity contribution in [2.24, 2.45) is 5.92 Å². The van der Waals surface area contributed by atoms with E-state index in [1.54, 1.807) is 39.8 Å². The van der Waals surface area contributed by atoms with E-state index in [1.807, 2.05) is 0 Å². The number of esters is 1. The number of carbonyl (C=O) groups is 3. The third-order valence-electron chi connectivity index (χ3n) is 5.25. The minimum absolute atomic E-state index is 0.0140. The summed E-state index contributed by atoms with van der Waals surface area (Å²) in [6.45, 7) is 7.67. The SMILES string of the molecule is CCN(CC)S(=O)(=O)c1cccc(C(=O)N[C@H](C(=O)Nc2ccc(C(=O)OC)cc2)C(C)C)c1. The Morgan fingerprint density at radius 1 is 0.971 bits per heavy atom. The van der Waals surface area contributed by atoms with Crippen molar-refractivity contribution in [3.63, 3.8) is 0 Å². The number of nitrogens with one attached hydrogen (secondary N) is 2. The third kappa shape index (κ3) is 6.42. The molecule has 0 spiro atoms. The highest BCUT2D eigenvalue weighted by Crippen LogP contribution is 2.18. The van der Waals surface area contributed by atoms with Crippen LogP contribution in [0, 0.1) is 5.92 Å². The molecule has 0 aliphatic heterocycles. The minimum Gasteiger partial charge on any atom is -0.465 e. The summed E-state index contributed by atoms with van der Waals surface area (Å²) in [7, 11) is -2.45. The second-order valence-electron chi connectivity index (χ2n) is 7.87. The summed E-state index contributed by atoms with van der Waals surface area (Å²) >= 11 is 0. The molecule has 0 heterocycles. The lowest BCUT2D eigenvalue weighted by atomic mass is 10.0. The summed E-state index contributed by atoms with van der Waals surface area (Å²) in [5, 5.41) is 5.42. The van der Waals surface area contributed by atoms with E-state index >= 15 is 0 Å². The number of methoxy groups -OCH3 is 1. The zero-order chi connectivity index (χ0) is 25.5. The molecular formula is C24H31N3O6S. The first-order chi connectivity index (χ1) is 16.0. The lowest BCUT2D eigenvalue weighted by Gasteiger charge is -2.22. The highest BCUT2D eigenvalue weighted by molar-refractivity contribution is 7.89. The van der Waals surface area contributed by atoms with Crippen LogP contribution in [0.1, 0.15) is 48.4 Å². The Morgan fingerprint density at radius 3 is 2.12 bits per heavy atom. The van der Waals surface area contributed by atoms with Gasteiger partial charge in [0.05, 0.1) is 17.6 Å². The summed E-state index contributed by atoms with van der Waals surface area (Å²) in [5.74, 6) is -1.75. The van der Waals surface area contributed by atoms with Gasteiger partial charge in [0.1, 0.15) is 6.04 Å². The number of hydrogen-bond donors (Lipinski definition) is 2. The number of benzene rings is 2. The summed E-state index contributed by atoms with van der Waals surface area (Å²) < 4.78 is 31.6. The van der Waals surface area contributed by atoms with Crippen molar-refractivity contribution in [3.8, 4) is 0 Å². The van der Waals surface area contributed by atoms with E-state index in [9.17, 15) is 22.8 Å². The zero-order valence-electron chi connectivity index (χ0n) is 20.0. The molecular weight excluding hydrogens is 458 g/mol. The molecule has 0 aromatic heterocycles. The van der Waals surface area contributed by atoms with Gasteiger partial charge in [0.2, 0.25) is 15.9 Å². The number of nitrogens with zero attached hydrogens (tertiary/aromatic N) is 1. The number of sulfonamides is 1. The van der Waals surface area contributed by atoms with Gasteiger partial charge in [-0.1, -0.05) is 33.8 Å². The first-order valence-corrected chi connectivity index (χ1v) is 12.4. The van der Waals surface area contributed by atoms with Crippen molar-refractivity contribution in [1.82, 2.24) is 9.62 Å². The van der Waals surface area contributed by atoms with E-state index in [0.29, 0.717) is 24.3 Å². The molecule has 10 heteroatoms. The van der Waals surface area contributed by atoms with Gasteiger partial charge in [0.25, 0.3) is 5.91 Å². The minimum atomic E-state index is -3.73. The molecule has 34 heavy (non-hydrogen) atoms. The molecule has 0 saturated carbocycles. The molecule has 2 aromatic rings. The lowest BCUT2D eigenvalue weighted by molar-refractivity contribution is -0.118. The first-order valence-electron chi connectivity index (χ1n) is 10.9. The second kappa shape index (κ2) is 11.8. The molecule has 0 fully saturated rings. The van der Waals surface area contributed by atoms with Crippen LogP contribution in [-0.4, -0.2) is 56.7 Å². The molecule has 0 bridgehead atoms. The predicted molar refractivity (Wildman–Crippen MR) is 129 cm³/mol. The smallest absolute Gasteiger partial charge is 0.337 e. The van der Waals surface area contributed by atoms with E-state index in [0.717, 1.165) is 0 Å². The Labute approximate surface area is 200 Å². The van der Waals surface area contributed by atoms with Gasteiger partial charge in [-0.15, -0.1) is 0 Å². The zero-order valence-corrected chi connectivity index (χ0v) is 20.8. The number of rotatable bonds is 10. The third-order valence-corrected chi connectivity index (χ3v) is 7.29. The molecule has 2 aromatic carbocycles. The highest BCUT2D eigenvalue weighted by Gasteiger charge is 2.27. The Hall–Kier alpha value is -3.24. The molecule has 0 unspecified atom stereocenters. The summed E-state index contributed by atoms with van der Waals surface area (Å²) in [4.78, 5) is 37.3. The van der Waals surface area contributed by atoms with Gasteiger partial charge in [-0.2, -0.15) is 4.31 Å². The van der Waals surface area contributed by atoms with E-state index in [2.05, 4.69) is 15.4 Å². The standard InChI is InChI=1S/C24H31N3O6S/c1-6-27(7-2)34(31,32)20-10-8-9-18(15-20)22(28)26-21(16(3)4)23(29)25-19-13-11-17(12-14-19)24(30)33-5/h8-16,21H,6-7H2,1-5H3,(H,25,29)(H,26,28)/t21-/m0/s1. The molecule has 184 valence electrons. The van der Waals surface area contributed by atoms with E-state index in [-0.39, 0.29) is 16.4 Å². The Balaban J connectivity index is 2.19. The van der Waals surface area contributed by atoms with Crippen LogP contribution < -0.4 is 10.6 Å². The van der Waals surface area contributed by atoms with Crippen molar-refractivity contribution in [3.05, 3.63) is 59.7 Å². The summed E-state index contributed by atoms with van der Waals surface area (Å²) in [6, 6.07) is 11.0. The number of amides is 2. The predicted octanol–water partition coefficient (Wildman–Crippen LogP) is 2.90. The van der Waals surface area contributed by atoms with Crippen LogP contribution in [0.4, 0.5) is 5.69 Å². The number of carbonyl (C=O) groups excluding carboxylic acids is 3. The van der Waals surface area contributed by atoms with Crippen LogP contribution in [-0.2, 0) is 19.6 Å². The molecule has 1 atom stereocenters. The fourth-order valence-corrected chi connectivity index (χ4v) is 4.80. The van der Waals surface area contributed by atoms with Gasteiger partial charge in [-0.05, 0) is 48.4 Å². The maximum atomic E-state index is 12.9. The van der Waals surface area contributed by atoms with Gasteiger partial charge >= 0.3 is 5.97 Å². The number of anilines is 1. The maximum absolute atomic E-state index is 12.9. The van der Waals surface area contributed by atoms with Crippen molar-refractivity contribution in [1.29, 1.82) is 0 Å². The van der Waals surface area contributed by atoms with Crippen LogP contribution in [0.15, 0.2) is 53.4 Å². The van der Waals surface area contributed by atoms with Crippen molar-refractivity contribution >= 4 is 33.5 Å². The highest BCUT2D eigenvalue weighted by atomic mass is 32.2. The molecule has 2 N–H and O–H groups in total. The molecule has 2 amide bonds. The van der Waals surface area contributed by atoms with Gasteiger partial charge in [0.15, 0.2) is 0 Å². The molecule has 0 radical (unpaired) electrons. The van der Waals surface area contributed by atoms with Crippen LogP contribution in [0.3, 0.4) is 0 Å². The molecule has 0 saturated heterocycles. The normalized spacial score (nSPS) is 12.3. The van der Waals surface area contributed by atoms with Crippen molar-refractivity contribution in [2.75, 3.05) is 25.5 Å². The lowest BCUT2D eigenvalue weighted by Crippen LogP contribution is -2.47. The van der Waals surface area contributed by atoms with Gasteiger partial charge in [-0.25, -0.2) is 13.2 Å². The van der Waals surface area contributed by atoms with Gasteiger partial charge < -0.3 is 15.4 Å². The summed E-state index contributed by atoms with van der Waals surface area (Å²) in [5.41, 5.74) is 0.924. The maximum Gasteiger partial charge on any atom is 0.337 e. The quantitative estimate of drug-likeness (QED) is 0.495. The molecule has 9 nitrogen and oxygen atoms in total. The first kappa shape index (κ1) is 27.0. The van der Waals surface area contributed by atoms with E-state index in [1.165, 1.54) is 47.8 Å². The fourth-order valence-electron chi connectivity index (χ4n) is 3.30. The average molecular weight is 490 g/mol. The average Bonchev–Trinajstić information content (AvgIpc) is 2.82. The summed E-state index contributed by atoms with van der Waals surface area (Å²) in [6.07, 6.45) is 0. The monoisotopic (exact) mass is 489 g/mol. The van der Waals surface area contributed by atoms with Crippen LogP contribution in [0.2, 0.25) is 0 Å². The van der Waals surface area contributed by atoms with Gasteiger partial charge in [0, 0.05) is 24.3 Å². The van der Waals surface area contributed by atoms with E-state index in [4.69, 9.17) is 0 Å². The van der Waals surface area contributed by atoms with Crippen molar-refractivity contribution in [2.45, 2.75) is 38.6 Å². The van der Waals surface area contributed by atoms with Crippen LogP contribution in [0.5, 0.6) is 0 Å². The molecule has 2 rings (SSSR count). The number of hydrogen-bond acceptors (Lipinski definition) is 6. The van der Waals surface area contributed by atoms with E-state index < -0.39 is 33.8 Å². The topological polar surface area (TPSA) is 122 Å². The Kier molecular flexibility index (Phi) is 9.34. The Morgan fingerprint density at radius 2 is 1.59 bits per heavy atom. The van der Waals surface area contributed by atoms with Crippen molar-refractivity contribution < 1.29 is 27.5 Å². The van der Waals surface area contributed by atoms with Crippen LogP contribution >= 0.6 is 0 Å². The van der Waals surface area contributed by atoms with Crippen LogP contribution in [0.25, 0.3) is 0 Å². The molecule has 0 aliphatic rings. The molecule has 0 aliphatic carbocycles. The number of ether oxygens (including phenoxy) is 1. The van der Waals surface area contributed by atoms with Gasteiger partial charge in [-0.3, -0.25) is 9.59 Å². The Bertz CT molecular complexity index is 1130.